The number of rotatable bonds is 9. The lowest BCUT2D eigenvalue weighted by atomic mass is 10.00. The molecule has 2 aromatic rings. The van der Waals surface area contributed by atoms with Crippen molar-refractivity contribution in [1.82, 2.24) is 10.3 Å². The predicted molar refractivity (Wildman–Crippen MR) is 140 cm³/mol. The first-order valence-electron chi connectivity index (χ1n) is 11.8. The Bertz CT molecular complexity index is 1250. The number of hydrogen-bond acceptors (Lipinski definition) is 9. The van der Waals surface area contributed by atoms with Gasteiger partial charge in [-0.3, -0.25) is 9.79 Å². The maximum absolute atomic E-state index is 12.5. The van der Waals surface area contributed by atoms with Crippen LogP contribution < -0.4 is 20.5 Å². The fourth-order valence-corrected chi connectivity index (χ4v) is 5.17. The molecule has 12 heteroatoms. The number of carbonyl (C=O) groups is 1. The van der Waals surface area contributed by atoms with E-state index in [-0.39, 0.29) is 16.9 Å². The maximum atomic E-state index is 12.5. The number of benzene rings is 1. The highest BCUT2D eigenvalue weighted by Crippen LogP contribution is 2.33. The summed E-state index contributed by atoms with van der Waals surface area (Å²) in [6.07, 6.45) is 5.96. The number of carbonyl (C=O) groups excluding carboxylic acids is 1. The number of aliphatic imine (C=N–C) groups is 1. The molecule has 1 atom stereocenters. The molecule has 3 heterocycles. The van der Waals surface area contributed by atoms with Crippen LogP contribution in [0.15, 0.2) is 39.5 Å². The second kappa shape index (κ2) is 11.5. The Hall–Kier alpha value is -2.80. The lowest BCUT2D eigenvalue weighted by Crippen LogP contribution is -2.38. The van der Waals surface area contributed by atoms with Gasteiger partial charge in [-0.15, -0.1) is 11.3 Å². The van der Waals surface area contributed by atoms with Crippen molar-refractivity contribution >= 4 is 49.9 Å². The zero-order chi connectivity index (χ0) is 25.7. The van der Waals surface area contributed by atoms with Crippen molar-refractivity contribution in [2.24, 2.45) is 16.0 Å². The minimum atomic E-state index is -3.88. The molecule has 1 saturated heterocycles. The summed E-state index contributed by atoms with van der Waals surface area (Å²) < 4.78 is 34.8. The van der Waals surface area contributed by atoms with Gasteiger partial charge in [0.05, 0.1) is 22.4 Å². The Labute approximate surface area is 215 Å². The van der Waals surface area contributed by atoms with Gasteiger partial charge in [-0.25, -0.2) is 18.5 Å². The molecule has 2 aliphatic heterocycles. The van der Waals surface area contributed by atoms with Crippen molar-refractivity contribution < 1.29 is 22.7 Å². The maximum Gasteiger partial charge on any atom is 0.245 e. The number of hydrogen-bond donors (Lipinski definition) is 3. The Morgan fingerprint density at radius 1 is 1.31 bits per heavy atom. The molecule has 4 rings (SSSR count). The van der Waals surface area contributed by atoms with Gasteiger partial charge in [-0.1, -0.05) is 6.08 Å². The van der Waals surface area contributed by atoms with Gasteiger partial charge in [0.15, 0.2) is 5.13 Å². The Kier molecular flexibility index (Phi) is 8.39. The summed E-state index contributed by atoms with van der Waals surface area (Å²) in [5.74, 6) is 0.878. The molecule has 1 amide bonds. The number of nitrogens with two attached hydrogens (primary N) is 1. The monoisotopic (exact) mass is 533 g/mol. The van der Waals surface area contributed by atoms with Gasteiger partial charge in [-0.2, -0.15) is 0 Å². The molecule has 2 aliphatic rings. The molecule has 10 nitrogen and oxygen atoms in total. The third-order valence-corrected chi connectivity index (χ3v) is 7.52. The first-order chi connectivity index (χ1) is 17.2. The lowest BCUT2D eigenvalue weighted by molar-refractivity contribution is -0.122. The Morgan fingerprint density at radius 2 is 2.08 bits per heavy atom. The van der Waals surface area contributed by atoms with Gasteiger partial charge in [0.25, 0.3) is 0 Å². The van der Waals surface area contributed by atoms with E-state index in [1.165, 1.54) is 23.5 Å². The number of ether oxygens (including phenoxy) is 2. The Morgan fingerprint density at radius 3 is 2.75 bits per heavy atom. The van der Waals surface area contributed by atoms with Gasteiger partial charge in [0.2, 0.25) is 15.9 Å². The molecular formula is C24H31N5O5S2. The van der Waals surface area contributed by atoms with Gasteiger partial charge >= 0.3 is 0 Å². The van der Waals surface area contributed by atoms with Crippen molar-refractivity contribution in [3.63, 3.8) is 0 Å². The first-order valence-corrected chi connectivity index (χ1v) is 14.3. The third-order valence-electron chi connectivity index (χ3n) is 5.85. The number of sulfonamides is 1. The summed E-state index contributed by atoms with van der Waals surface area (Å²) in [6.45, 7) is 5.92. The minimum absolute atomic E-state index is 0.0267. The van der Waals surface area contributed by atoms with Crippen molar-refractivity contribution in [3.05, 3.63) is 35.3 Å². The van der Waals surface area contributed by atoms with Crippen LogP contribution >= 0.6 is 11.3 Å². The van der Waals surface area contributed by atoms with E-state index in [2.05, 4.69) is 20.6 Å². The highest BCUT2D eigenvalue weighted by molar-refractivity contribution is 7.89. The van der Waals surface area contributed by atoms with Crippen LogP contribution in [-0.2, 0) is 19.6 Å². The predicted octanol–water partition coefficient (Wildman–Crippen LogP) is 3.09. The normalized spacial score (nSPS) is 18.7. The molecule has 1 unspecified atom stereocenters. The number of primary sulfonamides is 1. The molecule has 194 valence electrons. The second-order valence-electron chi connectivity index (χ2n) is 9.02. The molecule has 1 fully saturated rings. The van der Waals surface area contributed by atoms with Gasteiger partial charge < -0.3 is 20.1 Å². The smallest absolute Gasteiger partial charge is 0.245 e. The van der Waals surface area contributed by atoms with Gasteiger partial charge in [-0.05, 0) is 57.2 Å². The zero-order valence-corrected chi connectivity index (χ0v) is 21.9. The van der Waals surface area contributed by atoms with E-state index in [1.807, 2.05) is 25.3 Å². The first kappa shape index (κ1) is 26.3. The quantitative estimate of drug-likeness (QED) is 0.449. The van der Waals surface area contributed by atoms with E-state index in [9.17, 15) is 13.2 Å². The van der Waals surface area contributed by atoms with Crippen LogP contribution in [0.2, 0.25) is 0 Å². The van der Waals surface area contributed by atoms with E-state index in [0.717, 1.165) is 31.6 Å². The van der Waals surface area contributed by atoms with E-state index >= 15 is 0 Å². The summed E-state index contributed by atoms with van der Waals surface area (Å²) in [6, 6.07) is 3.96. The van der Waals surface area contributed by atoms with Crippen LogP contribution in [0.3, 0.4) is 0 Å². The van der Waals surface area contributed by atoms with Gasteiger partial charge in [0, 0.05) is 36.9 Å². The van der Waals surface area contributed by atoms with E-state index in [1.54, 1.807) is 12.3 Å². The molecule has 0 radical (unpaired) electrons. The van der Waals surface area contributed by atoms with Crippen molar-refractivity contribution in [2.45, 2.75) is 50.2 Å². The second-order valence-corrected chi connectivity index (χ2v) is 11.4. The number of dihydropyridines is 1. The average Bonchev–Trinajstić information content (AvgIpc) is 3.32. The highest BCUT2D eigenvalue weighted by Gasteiger charge is 2.22. The molecule has 0 aliphatic carbocycles. The topological polar surface area (TPSA) is 145 Å². The molecule has 4 N–H and O–H groups in total. The number of anilines is 2. The highest BCUT2D eigenvalue weighted by atomic mass is 32.2. The number of allylic oxidation sites excluding steroid dienone is 1. The SMILES string of the molecule is CC(C)Oc1ccc(S(N)(=O)=O)cc1Nc1nc(C2=CCC(C(=O)NCC3CCOCC3)N=C2)cs1. The van der Waals surface area contributed by atoms with E-state index in [0.29, 0.717) is 41.1 Å². The summed E-state index contributed by atoms with van der Waals surface area (Å²) in [7, 11) is -3.88. The molecule has 1 aromatic heterocycles. The lowest BCUT2D eigenvalue weighted by Gasteiger charge is -2.23. The summed E-state index contributed by atoms with van der Waals surface area (Å²) in [5, 5.41) is 13.9. The van der Waals surface area contributed by atoms with Crippen LogP contribution in [0.4, 0.5) is 10.8 Å². The van der Waals surface area contributed by atoms with Crippen LogP contribution in [0.5, 0.6) is 5.75 Å². The molecule has 0 saturated carbocycles. The Balaban J connectivity index is 1.40. The van der Waals surface area contributed by atoms with Gasteiger partial charge in [0.1, 0.15) is 11.8 Å². The zero-order valence-electron chi connectivity index (χ0n) is 20.3. The molecule has 0 bridgehead atoms. The van der Waals surface area contributed by atoms with Crippen LogP contribution in [-0.4, -0.2) is 57.4 Å². The largest absolute Gasteiger partial charge is 0.489 e. The van der Waals surface area contributed by atoms with Crippen LogP contribution in [0.25, 0.3) is 5.57 Å². The number of aromatic nitrogens is 1. The summed E-state index contributed by atoms with van der Waals surface area (Å²) in [4.78, 5) is 21.5. The molecular weight excluding hydrogens is 502 g/mol. The van der Waals surface area contributed by atoms with Crippen molar-refractivity contribution in [3.8, 4) is 5.75 Å². The van der Waals surface area contributed by atoms with Crippen LogP contribution in [0.1, 0.15) is 38.8 Å². The third kappa shape index (κ3) is 6.90. The van der Waals surface area contributed by atoms with Crippen molar-refractivity contribution in [2.75, 3.05) is 25.1 Å². The number of amides is 1. The molecule has 0 spiro atoms. The van der Waals surface area contributed by atoms with E-state index < -0.39 is 16.1 Å². The summed E-state index contributed by atoms with van der Waals surface area (Å²) >= 11 is 1.36. The fourth-order valence-electron chi connectivity index (χ4n) is 3.90. The molecule has 1 aromatic carbocycles. The van der Waals surface area contributed by atoms with E-state index in [4.69, 9.17) is 14.6 Å². The average molecular weight is 534 g/mol. The fraction of sp³-hybridized carbons (Fsp3) is 0.458. The number of thiazole rings is 1. The summed E-state index contributed by atoms with van der Waals surface area (Å²) in [5.41, 5.74) is 1.98. The minimum Gasteiger partial charge on any atom is -0.489 e. The number of nitrogens with one attached hydrogen (secondary N) is 2. The molecule has 36 heavy (non-hydrogen) atoms. The number of nitrogens with zero attached hydrogens (tertiary/aromatic N) is 2. The van der Waals surface area contributed by atoms with Crippen molar-refractivity contribution in [1.29, 1.82) is 0 Å². The standard InChI is InChI=1S/C24H31N5O5S2/c1-15(2)34-22-6-4-18(36(25,31)32)11-20(22)28-24-29-21(14-35-24)17-3-5-19(26-13-17)23(30)27-12-16-7-9-33-10-8-16/h3-4,6,11,13-16,19H,5,7-10,12H2,1-2H3,(H,27,30)(H,28,29)(H2,25,31,32). The van der Waals surface area contributed by atoms with Crippen LogP contribution in [0, 0.1) is 5.92 Å².